The molecular formula is C11H21N3O2. The van der Waals surface area contributed by atoms with Crippen LogP contribution >= 0.6 is 0 Å². The van der Waals surface area contributed by atoms with Crippen LogP contribution in [0.2, 0.25) is 0 Å². The van der Waals surface area contributed by atoms with Crippen molar-refractivity contribution < 1.29 is 9.53 Å². The Morgan fingerprint density at radius 2 is 2.12 bits per heavy atom. The molecule has 1 unspecified atom stereocenters. The van der Waals surface area contributed by atoms with E-state index < -0.39 is 5.60 Å². The molecule has 1 atom stereocenters. The van der Waals surface area contributed by atoms with Gasteiger partial charge in [0.05, 0.1) is 5.84 Å². The molecule has 0 aromatic carbocycles. The van der Waals surface area contributed by atoms with E-state index in [-0.39, 0.29) is 17.8 Å². The molecule has 0 bridgehead atoms. The molecule has 0 aromatic heterocycles. The highest BCUT2D eigenvalue weighted by Gasteiger charge is 2.28. The van der Waals surface area contributed by atoms with Crippen molar-refractivity contribution in [3.63, 3.8) is 0 Å². The molecule has 1 fully saturated rings. The van der Waals surface area contributed by atoms with Gasteiger partial charge in [0, 0.05) is 19.0 Å². The lowest BCUT2D eigenvalue weighted by Crippen LogP contribution is -2.45. The van der Waals surface area contributed by atoms with Gasteiger partial charge in [-0.2, -0.15) is 0 Å². The van der Waals surface area contributed by atoms with Gasteiger partial charge in [-0.25, -0.2) is 4.79 Å². The molecule has 16 heavy (non-hydrogen) atoms. The lowest BCUT2D eigenvalue weighted by atomic mass is 9.97. The van der Waals surface area contributed by atoms with E-state index in [9.17, 15) is 4.79 Å². The Hall–Kier alpha value is -1.26. The Labute approximate surface area is 96.4 Å². The maximum Gasteiger partial charge on any atom is 0.410 e. The topological polar surface area (TPSA) is 79.4 Å². The minimum atomic E-state index is -0.472. The fourth-order valence-electron chi connectivity index (χ4n) is 1.72. The van der Waals surface area contributed by atoms with Gasteiger partial charge in [-0.15, -0.1) is 0 Å². The quantitative estimate of drug-likeness (QED) is 0.527. The first-order valence-corrected chi connectivity index (χ1v) is 5.61. The Balaban J connectivity index is 2.54. The first kappa shape index (κ1) is 12.8. The smallest absolute Gasteiger partial charge is 0.410 e. The molecule has 5 heteroatoms. The number of amidine groups is 1. The van der Waals surface area contributed by atoms with Gasteiger partial charge < -0.3 is 15.4 Å². The van der Waals surface area contributed by atoms with Crippen molar-refractivity contribution in [2.75, 3.05) is 13.1 Å². The highest BCUT2D eigenvalue weighted by atomic mass is 16.6. The lowest BCUT2D eigenvalue weighted by Gasteiger charge is -2.33. The summed E-state index contributed by atoms with van der Waals surface area (Å²) in [6.45, 7) is 6.73. The second kappa shape index (κ2) is 4.72. The molecule has 92 valence electrons. The van der Waals surface area contributed by atoms with Crippen LogP contribution in [0, 0.1) is 11.3 Å². The molecule has 3 N–H and O–H groups in total. The van der Waals surface area contributed by atoms with Gasteiger partial charge in [-0.1, -0.05) is 0 Å². The van der Waals surface area contributed by atoms with Crippen molar-refractivity contribution in [2.24, 2.45) is 11.7 Å². The maximum atomic E-state index is 11.8. The Morgan fingerprint density at radius 1 is 1.50 bits per heavy atom. The molecule has 1 rings (SSSR count). The van der Waals surface area contributed by atoms with Gasteiger partial charge in [-0.05, 0) is 33.6 Å². The zero-order chi connectivity index (χ0) is 12.3. The van der Waals surface area contributed by atoms with Crippen molar-refractivity contribution in [1.29, 1.82) is 5.41 Å². The summed E-state index contributed by atoms with van der Waals surface area (Å²) >= 11 is 0. The van der Waals surface area contributed by atoms with E-state index in [1.807, 2.05) is 20.8 Å². The Kier molecular flexibility index (Phi) is 3.78. The zero-order valence-electron chi connectivity index (χ0n) is 10.2. The van der Waals surface area contributed by atoms with Crippen LogP contribution < -0.4 is 5.73 Å². The summed E-state index contributed by atoms with van der Waals surface area (Å²) in [7, 11) is 0. The molecule has 1 aliphatic heterocycles. The van der Waals surface area contributed by atoms with Crippen molar-refractivity contribution >= 4 is 11.9 Å². The zero-order valence-corrected chi connectivity index (χ0v) is 10.2. The largest absolute Gasteiger partial charge is 0.444 e. The molecule has 1 amide bonds. The number of nitrogens with zero attached hydrogens (tertiary/aromatic N) is 1. The summed E-state index contributed by atoms with van der Waals surface area (Å²) in [6.07, 6.45) is 1.46. The molecule has 0 saturated carbocycles. The summed E-state index contributed by atoms with van der Waals surface area (Å²) in [6, 6.07) is 0. The van der Waals surface area contributed by atoms with Gasteiger partial charge in [0.25, 0.3) is 0 Å². The first-order valence-electron chi connectivity index (χ1n) is 5.61. The number of amides is 1. The number of rotatable bonds is 1. The number of hydrogen-bond donors (Lipinski definition) is 2. The molecule has 0 aromatic rings. The first-order chi connectivity index (χ1) is 7.29. The summed E-state index contributed by atoms with van der Waals surface area (Å²) in [5.41, 5.74) is 4.99. The van der Waals surface area contributed by atoms with Gasteiger partial charge in [0.2, 0.25) is 0 Å². The predicted molar refractivity (Wildman–Crippen MR) is 62.4 cm³/mol. The molecule has 0 spiro atoms. The number of piperidine rings is 1. The maximum absolute atomic E-state index is 11.8. The minimum Gasteiger partial charge on any atom is -0.444 e. The average Bonchev–Trinajstić information content (AvgIpc) is 2.15. The third-order valence-electron chi connectivity index (χ3n) is 2.51. The molecule has 0 radical (unpaired) electrons. The van der Waals surface area contributed by atoms with Gasteiger partial charge in [0.15, 0.2) is 0 Å². The monoisotopic (exact) mass is 227 g/mol. The minimum absolute atomic E-state index is 0.0127. The second-order valence-corrected chi connectivity index (χ2v) is 5.22. The molecule has 5 nitrogen and oxygen atoms in total. The third-order valence-corrected chi connectivity index (χ3v) is 2.51. The fraction of sp³-hybridized carbons (Fsp3) is 0.818. The highest BCUT2D eigenvalue weighted by molar-refractivity contribution is 5.80. The van der Waals surface area contributed by atoms with E-state index in [0.29, 0.717) is 13.1 Å². The number of nitrogens with one attached hydrogen (secondary N) is 1. The van der Waals surface area contributed by atoms with Gasteiger partial charge >= 0.3 is 6.09 Å². The second-order valence-electron chi connectivity index (χ2n) is 5.22. The van der Waals surface area contributed by atoms with E-state index in [1.165, 1.54) is 0 Å². The number of carbonyl (C=O) groups excluding carboxylic acids is 1. The Bertz CT molecular complexity index is 283. The summed E-state index contributed by atoms with van der Waals surface area (Å²) in [5, 5.41) is 7.40. The third kappa shape index (κ3) is 3.72. The van der Waals surface area contributed by atoms with Gasteiger partial charge in [0.1, 0.15) is 5.60 Å². The van der Waals surface area contributed by atoms with Crippen molar-refractivity contribution in [2.45, 2.75) is 39.2 Å². The van der Waals surface area contributed by atoms with Crippen LogP contribution in [-0.4, -0.2) is 35.5 Å². The Morgan fingerprint density at radius 3 is 2.62 bits per heavy atom. The predicted octanol–water partition coefficient (Wildman–Crippen LogP) is 1.57. The van der Waals surface area contributed by atoms with Crippen molar-refractivity contribution in [3.05, 3.63) is 0 Å². The van der Waals surface area contributed by atoms with E-state index in [4.69, 9.17) is 15.9 Å². The van der Waals surface area contributed by atoms with E-state index in [2.05, 4.69) is 0 Å². The number of likely N-dealkylation sites (tertiary alicyclic amines) is 1. The van der Waals surface area contributed by atoms with Crippen molar-refractivity contribution in [1.82, 2.24) is 4.90 Å². The van der Waals surface area contributed by atoms with Crippen LogP contribution in [-0.2, 0) is 4.74 Å². The fourth-order valence-corrected chi connectivity index (χ4v) is 1.72. The summed E-state index contributed by atoms with van der Waals surface area (Å²) in [5.74, 6) is 0.148. The average molecular weight is 227 g/mol. The van der Waals surface area contributed by atoms with E-state index >= 15 is 0 Å². The molecule has 1 aliphatic rings. The lowest BCUT2D eigenvalue weighted by molar-refractivity contribution is 0.0193. The molecule has 1 saturated heterocycles. The van der Waals surface area contributed by atoms with Crippen LogP contribution in [0.5, 0.6) is 0 Å². The molecule has 1 heterocycles. The summed E-state index contributed by atoms with van der Waals surface area (Å²) in [4.78, 5) is 13.4. The molecular weight excluding hydrogens is 206 g/mol. The number of ether oxygens (including phenoxy) is 1. The van der Waals surface area contributed by atoms with Crippen LogP contribution in [0.1, 0.15) is 33.6 Å². The number of nitrogens with two attached hydrogens (primary N) is 1. The van der Waals surface area contributed by atoms with Gasteiger partial charge in [-0.3, -0.25) is 5.41 Å². The van der Waals surface area contributed by atoms with Crippen LogP contribution in [0.25, 0.3) is 0 Å². The van der Waals surface area contributed by atoms with Crippen LogP contribution in [0.15, 0.2) is 0 Å². The van der Waals surface area contributed by atoms with E-state index in [0.717, 1.165) is 12.8 Å². The number of hydrogen-bond acceptors (Lipinski definition) is 3. The number of carbonyl (C=O) groups is 1. The van der Waals surface area contributed by atoms with Crippen molar-refractivity contribution in [3.8, 4) is 0 Å². The van der Waals surface area contributed by atoms with Crippen LogP contribution in [0.3, 0.4) is 0 Å². The normalized spacial score (nSPS) is 21.7. The van der Waals surface area contributed by atoms with Crippen LogP contribution in [0.4, 0.5) is 4.79 Å². The SMILES string of the molecule is CC(C)(C)OC(=O)N1CCCC(C(=N)N)C1. The van der Waals surface area contributed by atoms with E-state index in [1.54, 1.807) is 4.90 Å². The molecule has 0 aliphatic carbocycles. The highest BCUT2D eigenvalue weighted by Crippen LogP contribution is 2.18. The summed E-state index contributed by atoms with van der Waals surface area (Å²) < 4.78 is 5.28. The standard InChI is InChI=1S/C11H21N3O2/c1-11(2,3)16-10(15)14-6-4-5-8(7-14)9(12)13/h8H,4-7H2,1-3H3,(H3,12,13).